The van der Waals surface area contributed by atoms with Gasteiger partial charge in [-0.25, -0.2) is 3.63 Å². The molecule has 5 aliphatic rings. The summed E-state index contributed by atoms with van der Waals surface area (Å²) >= 11 is 0. The number of aliphatic hydroxyl groups is 1. The highest BCUT2D eigenvalue weighted by molar-refractivity contribution is 8.33. The van der Waals surface area contributed by atoms with Gasteiger partial charge < -0.3 is 10.2 Å². The second kappa shape index (κ2) is 8.49. The molecule has 4 aliphatic carbocycles. The molecular formula is C28H32F4O5S2. The van der Waals surface area contributed by atoms with Gasteiger partial charge in [-0.1, -0.05) is 34.6 Å². The van der Waals surface area contributed by atoms with Crippen LogP contribution in [0.2, 0.25) is 0 Å². The van der Waals surface area contributed by atoms with E-state index in [4.69, 9.17) is 3.63 Å². The van der Waals surface area contributed by atoms with E-state index in [-0.39, 0.29) is 53.3 Å². The molecule has 8 atom stereocenters. The maximum Gasteiger partial charge on any atom is 0.432 e. The molecule has 4 saturated carbocycles. The zero-order chi connectivity index (χ0) is 27.5. The Morgan fingerprint density at radius 3 is 2.21 bits per heavy atom. The minimum absolute atomic E-state index is 0.0538. The Morgan fingerprint density at radius 2 is 1.49 bits per heavy atom. The van der Waals surface area contributed by atoms with Crippen LogP contribution < -0.4 is 0 Å². The average molecular weight is 589 g/mol. The number of hydrogen-bond acceptors (Lipinski definition) is 5. The number of aromatic hydroxyl groups is 1. The molecule has 2 aromatic carbocycles. The van der Waals surface area contributed by atoms with Gasteiger partial charge in [0.1, 0.15) is 5.75 Å². The molecule has 0 aromatic heterocycles. The van der Waals surface area contributed by atoms with Crippen molar-refractivity contribution in [2.45, 2.75) is 60.7 Å². The first-order chi connectivity index (χ1) is 18.4. The van der Waals surface area contributed by atoms with Crippen LogP contribution in [0.25, 0.3) is 10.8 Å². The standard InChI is InChI=1S/C28H32F4O5S2/c29-27(30,21-13-15-11-19(21)26-20-12-16(25(15)26)14-23(20)34)28(31,32)39(35,36)37-38(9-3-4-10-38)24-8-7-22(33)17-5-1-2-6-18(17)24/h1-2,5-8,15-16,19-21,23,25-26,33-34H,3-4,9-14H2. The van der Waals surface area contributed by atoms with Crippen LogP contribution in [-0.4, -0.2) is 47.4 Å². The van der Waals surface area contributed by atoms with E-state index in [9.17, 15) is 18.6 Å². The second-order valence-corrected chi connectivity index (χ2v) is 17.2. The Morgan fingerprint density at radius 1 is 0.846 bits per heavy atom. The summed E-state index contributed by atoms with van der Waals surface area (Å²) in [5, 5.41) is 16.2. The van der Waals surface area contributed by atoms with Crippen molar-refractivity contribution >= 4 is 31.2 Å². The Kier molecular flexibility index (Phi) is 5.73. The number of fused-ring (bicyclic) bond motifs is 10. The zero-order valence-corrected chi connectivity index (χ0v) is 22.8. The molecule has 1 heterocycles. The molecular weight excluding hydrogens is 556 g/mol. The molecule has 4 bridgehead atoms. The second-order valence-electron chi connectivity index (χ2n) is 12.3. The van der Waals surface area contributed by atoms with E-state index in [1.807, 2.05) is 0 Å². The fourth-order valence-corrected chi connectivity index (χ4v) is 15.2. The monoisotopic (exact) mass is 588 g/mol. The highest BCUT2D eigenvalue weighted by atomic mass is 32.3. The van der Waals surface area contributed by atoms with Gasteiger partial charge >= 0.3 is 21.3 Å². The Hall–Kier alpha value is -1.56. The van der Waals surface area contributed by atoms with Crippen LogP contribution in [0.1, 0.15) is 38.5 Å². The predicted octanol–water partition coefficient (Wildman–Crippen LogP) is 6.28. The summed E-state index contributed by atoms with van der Waals surface area (Å²) in [5.74, 6) is -7.17. The lowest BCUT2D eigenvalue weighted by molar-refractivity contribution is -0.210. The quantitative estimate of drug-likeness (QED) is 0.307. The van der Waals surface area contributed by atoms with E-state index in [0.717, 1.165) is 6.42 Å². The number of halogens is 4. The molecule has 39 heavy (non-hydrogen) atoms. The summed E-state index contributed by atoms with van der Waals surface area (Å²) < 4.78 is 95.2. The van der Waals surface area contributed by atoms with Crippen molar-refractivity contribution in [1.29, 1.82) is 0 Å². The van der Waals surface area contributed by atoms with E-state index in [0.29, 0.717) is 41.4 Å². The van der Waals surface area contributed by atoms with Gasteiger partial charge in [0.15, 0.2) is 0 Å². The maximum atomic E-state index is 15.9. The van der Waals surface area contributed by atoms with Crippen molar-refractivity contribution in [3.8, 4) is 5.75 Å². The fraction of sp³-hybridized carbons (Fsp3) is 0.643. The van der Waals surface area contributed by atoms with Gasteiger partial charge in [0.2, 0.25) is 0 Å². The van der Waals surface area contributed by atoms with Crippen molar-refractivity contribution in [3.05, 3.63) is 36.4 Å². The smallest absolute Gasteiger partial charge is 0.432 e. The van der Waals surface area contributed by atoms with Gasteiger partial charge in [0.05, 0.1) is 6.10 Å². The van der Waals surface area contributed by atoms with E-state index in [1.165, 1.54) is 12.1 Å². The van der Waals surface area contributed by atoms with Crippen LogP contribution in [0, 0.1) is 41.4 Å². The molecule has 0 radical (unpaired) electrons. The third-order valence-corrected chi connectivity index (χ3v) is 16.3. The minimum Gasteiger partial charge on any atom is -0.507 e. The van der Waals surface area contributed by atoms with E-state index < -0.39 is 49.5 Å². The predicted molar refractivity (Wildman–Crippen MR) is 139 cm³/mol. The van der Waals surface area contributed by atoms with Crippen molar-refractivity contribution in [2.75, 3.05) is 11.5 Å². The van der Waals surface area contributed by atoms with Gasteiger partial charge in [-0.3, -0.25) is 0 Å². The normalized spacial score (nSPS) is 38.0. The minimum atomic E-state index is -6.04. The highest BCUT2D eigenvalue weighted by Crippen LogP contribution is 2.72. The lowest BCUT2D eigenvalue weighted by Crippen LogP contribution is -2.55. The van der Waals surface area contributed by atoms with Gasteiger partial charge in [-0.15, -0.1) is 0 Å². The zero-order valence-electron chi connectivity index (χ0n) is 21.2. The van der Waals surface area contributed by atoms with Crippen LogP contribution in [0.3, 0.4) is 0 Å². The lowest BCUT2D eigenvalue weighted by atomic mass is 9.65. The van der Waals surface area contributed by atoms with Crippen molar-refractivity contribution in [3.63, 3.8) is 0 Å². The van der Waals surface area contributed by atoms with Crippen molar-refractivity contribution in [1.82, 2.24) is 0 Å². The average Bonchev–Trinajstić information content (AvgIpc) is 3.70. The molecule has 214 valence electrons. The largest absolute Gasteiger partial charge is 0.507 e. The number of phenolic OH excluding ortho intramolecular Hbond substituents is 1. The Labute approximate surface area is 226 Å². The summed E-state index contributed by atoms with van der Waals surface area (Å²) in [6.45, 7) is 0. The molecule has 1 saturated heterocycles. The molecule has 5 nitrogen and oxygen atoms in total. The van der Waals surface area contributed by atoms with Gasteiger partial charge in [-0.05, 0) is 91.6 Å². The molecule has 7 rings (SSSR count). The van der Waals surface area contributed by atoms with Gasteiger partial charge in [0.25, 0.3) is 0 Å². The van der Waals surface area contributed by atoms with Crippen molar-refractivity contribution < 1.29 is 39.8 Å². The molecule has 2 N–H and O–H groups in total. The van der Waals surface area contributed by atoms with Crippen LogP contribution in [0.15, 0.2) is 41.3 Å². The first kappa shape index (κ1) is 26.3. The van der Waals surface area contributed by atoms with E-state index in [1.54, 1.807) is 24.3 Å². The summed E-state index contributed by atoms with van der Waals surface area (Å²) in [4.78, 5) is 0.370. The lowest BCUT2D eigenvalue weighted by Gasteiger charge is -2.44. The van der Waals surface area contributed by atoms with Crippen molar-refractivity contribution in [2.24, 2.45) is 41.4 Å². The van der Waals surface area contributed by atoms with Gasteiger partial charge in [0, 0.05) is 27.7 Å². The first-order valence-corrected chi connectivity index (χ1v) is 17.1. The maximum absolute atomic E-state index is 15.9. The number of benzene rings is 2. The van der Waals surface area contributed by atoms with Crippen LogP contribution in [0.5, 0.6) is 5.75 Å². The SMILES string of the molecule is O=S(=O)(OS1(c2ccc(O)c3ccccc23)CCCC1)C(F)(F)C(F)(F)C1CC2CC1C1C3CC(CC3O)C21. The van der Waals surface area contributed by atoms with Crippen LogP contribution in [0.4, 0.5) is 17.6 Å². The van der Waals surface area contributed by atoms with E-state index >= 15 is 17.6 Å². The molecule has 0 spiro atoms. The number of aliphatic hydroxyl groups excluding tert-OH is 1. The third-order valence-electron chi connectivity index (χ3n) is 10.6. The number of phenols is 1. The topological polar surface area (TPSA) is 83.8 Å². The van der Waals surface area contributed by atoms with Crippen LogP contribution >= 0.6 is 10.3 Å². The van der Waals surface area contributed by atoms with Crippen LogP contribution in [-0.2, 0) is 13.7 Å². The number of alkyl halides is 4. The van der Waals surface area contributed by atoms with Gasteiger partial charge in [-0.2, -0.15) is 26.0 Å². The summed E-state index contributed by atoms with van der Waals surface area (Å²) in [5.41, 5.74) is 0. The number of rotatable bonds is 6. The summed E-state index contributed by atoms with van der Waals surface area (Å²) in [7, 11) is -8.93. The molecule has 1 aliphatic heterocycles. The molecule has 0 amide bonds. The molecule has 2 aromatic rings. The fourth-order valence-electron chi connectivity index (χ4n) is 9.26. The third kappa shape index (κ3) is 3.48. The first-order valence-electron chi connectivity index (χ1n) is 13.8. The molecule has 8 unspecified atom stereocenters. The molecule has 11 heteroatoms. The Balaban J connectivity index is 1.22. The summed E-state index contributed by atoms with van der Waals surface area (Å²) in [6, 6.07) is 9.48. The highest BCUT2D eigenvalue weighted by Gasteiger charge is 2.76. The number of hydrogen-bond donors (Lipinski definition) is 2. The molecule has 5 fully saturated rings. The van der Waals surface area contributed by atoms with E-state index in [2.05, 4.69) is 0 Å². The Bertz CT molecular complexity index is 1430. The summed E-state index contributed by atoms with van der Waals surface area (Å²) in [6.07, 6.45) is 2.09.